The Kier molecular flexibility index (Phi) is 4.64. The minimum absolute atomic E-state index is 0.177. The number of fused-ring (bicyclic) bond motifs is 1. The Hall–Kier alpha value is -3.03. The molecule has 1 aliphatic heterocycles. The fourth-order valence-corrected chi connectivity index (χ4v) is 2.55. The van der Waals surface area contributed by atoms with Crippen molar-refractivity contribution in [1.82, 2.24) is 15.1 Å². The van der Waals surface area contributed by atoms with E-state index in [1.54, 1.807) is 6.92 Å². The summed E-state index contributed by atoms with van der Waals surface area (Å²) in [5.41, 5.74) is 1.08. The van der Waals surface area contributed by atoms with Crippen LogP contribution in [0.2, 0.25) is 0 Å². The van der Waals surface area contributed by atoms with Crippen LogP contribution in [-0.2, 0) is 16.1 Å². The number of para-hydroxylation sites is 1. The molecule has 2 amide bonds. The summed E-state index contributed by atoms with van der Waals surface area (Å²) in [6, 6.07) is 11.3. The molecule has 0 radical (unpaired) electrons. The Morgan fingerprint density at radius 1 is 1.25 bits per heavy atom. The van der Waals surface area contributed by atoms with E-state index in [1.807, 2.05) is 41.1 Å². The molecule has 3 rings (SSSR count). The number of urea groups is 1. The second-order valence-electron chi connectivity index (χ2n) is 5.21. The first-order valence-electron chi connectivity index (χ1n) is 7.78. The van der Waals surface area contributed by atoms with Crippen LogP contribution in [0.3, 0.4) is 0 Å². The Bertz CT molecular complexity index is 729. The van der Waals surface area contributed by atoms with Crippen molar-refractivity contribution in [3.05, 3.63) is 36.4 Å². The van der Waals surface area contributed by atoms with Crippen LogP contribution in [0.25, 0.3) is 0 Å². The molecule has 0 bridgehead atoms. The summed E-state index contributed by atoms with van der Waals surface area (Å²) in [6.45, 7) is 3.40. The highest BCUT2D eigenvalue weighted by Gasteiger charge is 2.23. The van der Waals surface area contributed by atoms with Gasteiger partial charge in [-0.05, 0) is 19.1 Å². The molecule has 1 aliphatic rings. The number of hydrogen-bond acceptors (Lipinski definition) is 5. The number of aromatic nitrogens is 2. The number of ether oxygens (including phenoxy) is 1. The average molecular weight is 329 g/mol. The number of anilines is 3. The van der Waals surface area contributed by atoms with Crippen LogP contribution in [-0.4, -0.2) is 41.5 Å². The third-order valence-corrected chi connectivity index (χ3v) is 3.58. The minimum atomic E-state index is -0.494. The summed E-state index contributed by atoms with van der Waals surface area (Å²) in [5.74, 6) is 0.879. The maximum atomic E-state index is 11.8. The van der Waals surface area contributed by atoms with E-state index in [4.69, 9.17) is 4.74 Å². The van der Waals surface area contributed by atoms with Crippen molar-refractivity contribution >= 4 is 29.3 Å². The van der Waals surface area contributed by atoms with E-state index in [0.717, 1.165) is 24.6 Å². The van der Waals surface area contributed by atoms with E-state index in [-0.39, 0.29) is 13.2 Å². The third kappa shape index (κ3) is 3.48. The summed E-state index contributed by atoms with van der Waals surface area (Å²) in [7, 11) is 0. The normalized spacial score (nSPS) is 12.6. The van der Waals surface area contributed by atoms with E-state index >= 15 is 0 Å². The lowest BCUT2D eigenvalue weighted by atomic mass is 10.3. The van der Waals surface area contributed by atoms with Gasteiger partial charge >= 0.3 is 12.0 Å². The van der Waals surface area contributed by atoms with Crippen molar-refractivity contribution in [1.29, 1.82) is 0 Å². The average Bonchev–Trinajstić information content (AvgIpc) is 3.14. The highest BCUT2D eigenvalue weighted by molar-refractivity contribution is 5.91. The smallest absolute Gasteiger partial charge is 0.325 e. The zero-order valence-corrected chi connectivity index (χ0v) is 13.4. The van der Waals surface area contributed by atoms with Crippen LogP contribution >= 0.6 is 0 Å². The molecular weight excluding hydrogens is 310 g/mol. The SMILES string of the molecule is CCOC(=O)CNC(=O)Nc1cc2n(n1)CCN2c1ccccc1. The number of nitrogens with one attached hydrogen (secondary N) is 2. The number of hydrogen-bond donors (Lipinski definition) is 2. The number of carbonyl (C=O) groups is 2. The zero-order chi connectivity index (χ0) is 16.9. The molecule has 0 atom stereocenters. The van der Waals surface area contributed by atoms with Gasteiger partial charge in [-0.1, -0.05) is 18.2 Å². The van der Waals surface area contributed by atoms with Crippen molar-refractivity contribution in [3.63, 3.8) is 0 Å². The monoisotopic (exact) mass is 329 g/mol. The summed E-state index contributed by atoms with van der Waals surface area (Å²) in [4.78, 5) is 25.2. The first-order chi connectivity index (χ1) is 11.7. The van der Waals surface area contributed by atoms with Gasteiger partial charge in [0, 0.05) is 18.3 Å². The van der Waals surface area contributed by atoms with Crippen LogP contribution < -0.4 is 15.5 Å². The highest BCUT2D eigenvalue weighted by atomic mass is 16.5. The van der Waals surface area contributed by atoms with E-state index < -0.39 is 12.0 Å². The standard InChI is InChI=1S/C16H19N5O3/c1-2-24-15(22)11-17-16(23)18-13-10-14-20(8-9-21(14)19-13)12-6-4-3-5-7-12/h3-7,10H,2,8-9,11H2,1H3,(H2,17,18,19,23). The first-order valence-corrected chi connectivity index (χ1v) is 7.78. The molecule has 0 saturated heterocycles. The molecule has 0 unspecified atom stereocenters. The molecule has 0 saturated carbocycles. The maximum absolute atomic E-state index is 11.8. The van der Waals surface area contributed by atoms with Crippen molar-refractivity contribution in [3.8, 4) is 0 Å². The van der Waals surface area contributed by atoms with E-state index in [9.17, 15) is 9.59 Å². The lowest BCUT2D eigenvalue weighted by molar-refractivity contribution is -0.141. The lowest BCUT2D eigenvalue weighted by Gasteiger charge is -2.16. The van der Waals surface area contributed by atoms with Gasteiger partial charge in [-0.2, -0.15) is 5.10 Å². The topological polar surface area (TPSA) is 88.5 Å². The van der Waals surface area contributed by atoms with Gasteiger partial charge in [0.2, 0.25) is 0 Å². The van der Waals surface area contributed by atoms with Gasteiger partial charge in [0.15, 0.2) is 5.82 Å². The van der Waals surface area contributed by atoms with Crippen LogP contribution in [0.5, 0.6) is 0 Å². The summed E-state index contributed by atoms with van der Waals surface area (Å²) in [6.07, 6.45) is 0. The number of carbonyl (C=O) groups excluding carboxylic acids is 2. The summed E-state index contributed by atoms with van der Waals surface area (Å²) in [5, 5.41) is 9.42. The Labute approximate surface area is 139 Å². The maximum Gasteiger partial charge on any atom is 0.325 e. The van der Waals surface area contributed by atoms with E-state index in [2.05, 4.69) is 20.6 Å². The van der Waals surface area contributed by atoms with E-state index in [0.29, 0.717) is 5.82 Å². The van der Waals surface area contributed by atoms with Crippen molar-refractivity contribution in [2.75, 3.05) is 29.9 Å². The molecule has 2 N–H and O–H groups in total. The van der Waals surface area contributed by atoms with Crippen molar-refractivity contribution in [2.45, 2.75) is 13.5 Å². The number of esters is 1. The fourth-order valence-electron chi connectivity index (χ4n) is 2.55. The van der Waals surface area contributed by atoms with Gasteiger partial charge < -0.3 is 15.0 Å². The summed E-state index contributed by atoms with van der Waals surface area (Å²) < 4.78 is 6.59. The molecule has 8 nitrogen and oxygen atoms in total. The Morgan fingerprint density at radius 3 is 2.79 bits per heavy atom. The van der Waals surface area contributed by atoms with Crippen molar-refractivity contribution < 1.29 is 14.3 Å². The highest BCUT2D eigenvalue weighted by Crippen LogP contribution is 2.31. The molecule has 1 aromatic carbocycles. The Balaban J connectivity index is 1.62. The van der Waals surface area contributed by atoms with Gasteiger partial charge in [0.1, 0.15) is 12.4 Å². The quantitative estimate of drug-likeness (QED) is 0.816. The lowest BCUT2D eigenvalue weighted by Crippen LogP contribution is -2.34. The number of amides is 2. The molecule has 0 fully saturated rings. The second-order valence-corrected chi connectivity index (χ2v) is 5.21. The molecule has 126 valence electrons. The summed E-state index contributed by atoms with van der Waals surface area (Å²) >= 11 is 0. The number of nitrogens with zero attached hydrogens (tertiary/aromatic N) is 3. The number of benzene rings is 1. The second kappa shape index (κ2) is 7.03. The van der Waals surface area contributed by atoms with Gasteiger partial charge in [-0.25, -0.2) is 9.48 Å². The van der Waals surface area contributed by atoms with Crippen LogP contribution in [0.4, 0.5) is 22.1 Å². The largest absolute Gasteiger partial charge is 0.465 e. The van der Waals surface area contributed by atoms with Gasteiger partial charge in [-0.15, -0.1) is 0 Å². The predicted molar refractivity (Wildman–Crippen MR) is 89.3 cm³/mol. The van der Waals surface area contributed by atoms with Crippen LogP contribution in [0.1, 0.15) is 6.92 Å². The van der Waals surface area contributed by atoms with E-state index in [1.165, 1.54) is 0 Å². The van der Waals surface area contributed by atoms with Gasteiger partial charge in [0.25, 0.3) is 0 Å². The third-order valence-electron chi connectivity index (χ3n) is 3.58. The van der Waals surface area contributed by atoms with Gasteiger partial charge in [0.05, 0.1) is 13.2 Å². The zero-order valence-electron chi connectivity index (χ0n) is 13.4. The molecule has 0 spiro atoms. The molecule has 24 heavy (non-hydrogen) atoms. The molecule has 1 aromatic heterocycles. The predicted octanol–water partition coefficient (Wildman–Crippen LogP) is 1.72. The van der Waals surface area contributed by atoms with Crippen molar-refractivity contribution in [2.24, 2.45) is 0 Å². The van der Waals surface area contributed by atoms with Crippen LogP contribution in [0, 0.1) is 0 Å². The molecule has 0 aliphatic carbocycles. The number of rotatable bonds is 5. The fraction of sp³-hybridized carbons (Fsp3) is 0.312. The minimum Gasteiger partial charge on any atom is -0.465 e. The molecule has 8 heteroatoms. The molecule has 2 aromatic rings. The first kappa shape index (κ1) is 15.9. The molecule has 2 heterocycles. The van der Waals surface area contributed by atoms with Crippen LogP contribution in [0.15, 0.2) is 36.4 Å². The Morgan fingerprint density at radius 2 is 2.04 bits per heavy atom. The van der Waals surface area contributed by atoms with Gasteiger partial charge in [-0.3, -0.25) is 10.1 Å². The molecular formula is C16H19N5O3.